The van der Waals surface area contributed by atoms with Gasteiger partial charge in [-0.1, -0.05) is 61.4 Å². The highest BCUT2D eigenvalue weighted by Crippen LogP contribution is 2.58. The Labute approximate surface area is 306 Å². The van der Waals surface area contributed by atoms with Crippen LogP contribution in [-0.4, -0.2) is 50.6 Å². The molecule has 1 saturated carbocycles. The molecule has 5 aromatic heterocycles. The van der Waals surface area contributed by atoms with E-state index >= 15 is 0 Å². The van der Waals surface area contributed by atoms with Crippen molar-refractivity contribution in [3.8, 4) is 68.5 Å². The highest BCUT2D eigenvalue weighted by Gasteiger charge is 2.45. The van der Waals surface area contributed by atoms with Crippen molar-refractivity contribution in [2.24, 2.45) is 4.99 Å². The average Bonchev–Trinajstić information content (AvgIpc) is 3.85. The Bertz CT molecular complexity index is 2510. The predicted molar refractivity (Wildman–Crippen MR) is 203 cm³/mol. The van der Waals surface area contributed by atoms with Crippen LogP contribution < -0.4 is 0 Å². The third-order valence-corrected chi connectivity index (χ3v) is 10.4. The molecule has 1 aliphatic heterocycles. The van der Waals surface area contributed by atoms with Crippen LogP contribution in [0.25, 0.3) is 68.5 Å². The Hall–Kier alpha value is -6.68. The molecule has 2 aliphatic carbocycles. The van der Waals surface area contributed by atoms with Gasteiger partial charge in [-0.15, -0.1) is 0 Å². The van der Waals surface area contributed by atoms with E-state index in [4.69, 9.17) is 29.9 Å². The highest BCUT2D eigenvalue weighted by molar-refractivity contribution is 5.99. The molecule has 7 aromatic rings. The van der Waals surface area contributed by atoms with Gasteiger partial charge in [0.05, 0.1) is 5.71 Å². The van der Waals surface area contributed by atoms with E-state index in [-0.39, 0.29) is 5.41 Å². The molecule has 0 N–H and O–H groups in total. The number of fused-ring (bicyclic) bond motifs is 5. The number of aliphatic imine (C=N–C) groups is 1. The minimum atomic E-state index is -0.144. The van der Waals surface area contributed by atoms with Crippen LogP contribution in [0.2, 0.25) is 0 Å². The summed E-state index contributed by atoms with van der Waals surface area (Å²) in [5.74, 6) is 3.37. The second-order valence-electron chi connectivity index (χ2n) is 13.6. The molecular formula is C43H32N10. The van der Waals surface area contributed by atoms with E-state index in [1.807, 2.05) is 60.8 Å². The normalized spacial score (nSPS) is 15.3. The smallest absolute Gasteiger partial charge is 0.182 e. The summed E-state index contributed by atoms with van der Waals surface area (Å²) in [5.41, 5.74) is 9.79. The van der Waals surface area contributed by atoms with Gasteiger partial charge < -0.3 is 0 Å². The number of pyridine rings is 3. The molecule has 10 rings (SSSR count). The molecule has 0 atom stereocenters. The monoisotopic (exact) mass is 688 g/mol. The van der Waals surface area contributed by atoms with Crippen LogP contribution in [-0.2, 0) is 5.41 Å². The zero-order valence-electron chi connectivity index (χ0n) is 28.8. The van der Waals surface area contributed by atoms with Crippen molar-refractivity contribution < 1.29 is 0 Å². The molecule has 10 heteroatoms. The summed E-state index contributed by atoms with van der Waals surface area (Å²) in [7, 11) is 0. The van der Waals surface area contributed by atoms with Crippen LogP contribution in [0.15, 0.2) is 127 Å². The molecule has 0 bridgehead atoms. The SMILES string of the molecule is C1=CN=C(c2nc(-c3ccc4c(c3)C3(CCCC3)c3cc(-c5nc(-c6ccccn6)nc(-c6ccccn6)n5)ccc3-4)nc(-c3ccccn3)n2)CC1. The predicted octanol–water partition coefficient (Wildman–Crippen LogP) is 8.51. The molecule has 1 spiro atoms. The number of nitrogens with zero attached hydrogens (tertiary/aromatic N) is 10. The van der Waals surface area contributed by atoms with E-state index < -0.39 is 0 Å². The summed E-state index contributed by atoms with van der Waals surface area (Å²) in [6.07, 6.45) is 15.3. The summed E-state index contributed by atoms with van der Waals surface area (Å²) < 4.78 is 0. The fourth-order valence-electron chi connectivity index (χ4n) is 7.93. The first-order chi connectivity index (χ1) is 26.2. The molecule has 10 nitrogen and oxygen atoms in total. The van der Waals surface area contributed by atoms with Gasteiger partial charge in [0.15, 0.2) is 34.9 Å². The van der Waals surface area contributed by atoms with Gasteiger partial charge in [0.25, 0.3) is 0 Å². The van der Waals surface area contributed by atoms with Gasteiger partial charge in [-0.3, -0.25) is 19.9 Å². The fraction of sp³-hybridized carbons (Fsp3) is 0.163. The van der Waals surface area contributed by atoms with Crippen molar-refractivity contribution in [2.45, 2.75) is 43.9 Å². The fourth-order valence-corrected chi connectivity index (χ4v) is 7.93. The standard InChI is InChI=1S/C43H32N10/c1-7-21-44-33(11-1)39-48-37(49-40(52-39)34-12-2-8-22-45-34)27-15-17-29-30-18-16-28(26-32(30)43(31(29)25-27)19-5-6-20-43)38-50-41(35-13-3-9-23-46-35)53-42(51-38)36-14-4-10-24-47-36/h1-3,7-13,15-18,21-26H,4-6,14,19-20H2. The number of hydrogen-bond acceptors (Lipinski definition) is 10. The van der Waals surface area contributed by atoms with Crippen molar-refractivity contribution >= 4 is 5.71 Å². The number of hydrogen-bond donors (Lipinski definition) is 0. The van der Waals surface area contributed by atoms with Crippen LogP contribution in [0.1, 0.15) is 55.5 Å². The summed E-state index contributed by atoms with van der Waals surface area (Å²) >= 11 is 0. The van der Waals surface area contributed by atoms with E-state index in [0.717, 1.165) is 55.4 Å². The molecule has 1 fully saturated rings. The lowest BCUT2D eigenvalue weighted by molar-refractivity contribution is 0.550. The lowest BCUT2D eigenvalue weighted by Gasteiger charge is -2.27. The van der Waals surface area contributed by atoms with Gasteiger partial charge in [0.1, 0.15) is 17.1 Å². The summed E-state index contributed by atoms with van der Waals surface area (Å²) in [6, 6.07) is 30.6. The molecule has 2 aromatic carbocycles. The van der Waals surface area contributed by atoms with E-state index in [9.17, 15) is 0 Å². The van der Waals surface area contributed by atoms with Crippen LogP contribution in [0.3, 0.4) is 0 Å². The van der Waals surface area contributed by atoms with Crippen molar-refractivity contribution in [3.63, 3.8) is 0 Å². The second kappa shape index (κ2) is 12.8. The summed E-state index contributed by atoms with van der Waals surface area (Å²) in [5, 5.41) is 0. The Morgan fingerprint density at radius 1 is 0.472 bits per heavy atom. The third kappa shape index (κ3) is 5.50. The Balaban J connectivity index is 1.09. The van der Waals surface area contributed by atoms with Gasteiger partial charge in [0.2, 0.25) is 0 Å². The minimum absolute atomic E-state index is 0.144. The van der Waals surface area contributed by atoms with Crippen LogP contribution in [0.4, 0.5) is 0 Å². The Kier molecular flexibility index (Phi) is 7.52. The van der Waals surface area contributed by atoms with Gasteiger partial charge in [-0.2, -0.15) is 0 Å². The number of rotatable bonds is 6. The molecule has 6 heterocycles. The Morgan fingerprint density at radius 3 is 1.40 bits per heavy atom. The zero-order valence-corrected chi connectivity index (χ0v) is 28.8. The van der Waals surface area contributed by atoms with Gasteiger partial charge >= 0.3 is 0 Å². The van der Waals surface area contributed by atoms with Crippen molar-refractivity contribution in [3.05, 3.63) is 139 Å². The number of aromatic nitrogens is 9. The largest absolute Gasteiger partial charge is 0.258 e. The zero-order chi connectivity index (χ0) is 35.2. The van der Waals surface area contributed by atoms with E-state index in [1.54, 1.807) is 18.6 Å². The first kappa shape index (κ1) is 31.1. The Morgan fingerprint density at radius 2 is 0.943 bits per heavy atom. The van der Waals surface area contributed by atoms with Crippen LogP contribution in [0, 0.1) is 0 Å². The minimum Gasteiger partial charge on any atom is -0.258 e. The van der Waals surface area contributed by atoms with E-state index in [1.165, 1.54) is 22.3 Å². The van der Waals surface area contributed by atoms with E-state index in [2.05, 4.69) is 62.4 Å². The maximum atomic E-state index is 5.02. The third-order valence-electron chi connectivity index (χ3n) is 10.4. The molecule has 0 saturated heterocycles. The van der Waals surface area contributed by atoms with Crippen molar-refractivity contribution in [1.29, 1.82) is 0 Å². The molecule has 0 amide bonds. The number of benzene rings is 2. The molecule has 0 radical (unpaired) electrons. The van der Waals surface area contributed by atoms with Gasteiger partial charge in [0, 0.05) is 41.3 Å². The topological polar surface area (TPSA) is 128 Å². The summed E-state index contributed by atoms with van der Waals surface area (Å²) in [6.45, 7) is 0. The average molecular weight is 689 g/mol. The first-order valence-electron chi connectivity index (χ1n) is 18.0. The van der Waals surface area contributed by atoms with Gasteiger partial charge in [-0.05, 0) is 96.5 Å². The molecule has 53 heavy (non-hydrogen) atoms. The maximum absolute atomic E-state index is 5.02. The second-order valence-corrected chi connectivity index (χ2v) is 13.6. The lowest BCUT2D eigenvalue weighted by atomic mass is 9.76. The van der Waals surface area contributed by atoms with Crippen molar-refractivity contribution in [1.82, 2.24) is 44.9 Å². The first-order valence-corrected chi connectivity index (χ1v) is 18.0. The van der Waals surface area contributed by atoms with E-state index in [0.29, 0.717) is 52.0 Å². The highest BCUT2D eigenvalue weighted by atomic mass is 15.1. The lowest BCUT2D eigenvalue weighted by Crippen LogP contribution is -2.20. The quantitative estimate of drug-likeness (QED) is 0.169. The molecular weight excluding hydrogens is 657 g/mol. The van der Waals surface area contributed by atoms with Crippen LogP contribution in [0.5, 0.6) is 0 Å². The van der Waals surface area contributed by atoms with Crippen molar-refractivity contribution in [2.75, 3.05) is 0 Å². The maximum Gasteiger partial charge on any atom is 0.182 e. The molecule has 3 aliphatic rings. The van der Waals surface area contributed by atoms with Crippen LogP contribution >= 0.6 is 0 Å². The van der Waals surface area contributed by atoms with Gasteiger partial charge in [-0.25, -0.2) is 29.9 Å². The summed E-state index contributed by atoms with van der Waals surface area (Å²) in [4.78, 5) is 47.9. The molecule has 0 unspecified atom stereocenters. The molecule has 254 valence electrons. The number of allylic oxidation sites excluding steroid dienone is 1.